The lowest BCUT2D eigenvalue weighted by Gasteiger charge is -2.13. The number of anilines is 1. The molecule has 0 bridgehead atoms. The van der Waals surface area contributed by atoms with Gasteiger partial charge in [-0.15, -0.1) is 21.5 Å². The van der Waals surface area contributed by atoms with Crippen molar-refractivity contribution in [3.8, 4) is 11.4 Å². The lowest BCUT2D eigenvalue weighted by Crippen LogP contribution is -2.24. The Morgan fingerprint density at radius 3 is 2.71 bits per heavy atom. The number of nitrogens with two attached hydrogens (primary N) is 1. The Balaban J connectivity index is 1.52. The summed E-state index contributed by atoms with van der Waals surface area (Å²) in [7, 11) is 0. The third kappa shape index (κ3) is 3.78. The molecular formula is C18H18N6O2S2. The van der Waals surface area contributed by atoms with E-state index >= 15 is 0 Å². The number of carbonyl (C=O) groups excluding carboxylic acids is 2. The molecule has 0 unspecified atom stereocenters. The summed E-state index contributed by atoms with van der Waals surface area (Å²) in [5.41, 5.74) is 6.60. The number of nitrogens with zero attached hydrogens (tertiary/aromatic N) is 4. The first kappa shape index (κ1) is 18.6. The Morgan fingerprint density at radius 1 is 1.29 bits per heavy atom. The normalized spacial score (nSPS) is 14.6. The van der Waals surface area contributed by atoms with Crippen molar-refractivity contribution >= 4 is 39.9 Å². The van der Waals surface area contributed by atoms with Crippen molar-refractivity contribution in [1.29, 1.82) is 0 Å². The van der Waals surface area contributed by atoms with E-state index < -0.39 is 11.2 Å². The summed E-state index contributed by atoms with van der Waals surface area (Å²) >= 11 is 2.62. The molecule has 4 rings (SSSR count). The number of thioether (sulfide) groups is 1. The van der Waals surface area contributed by atoms with Crippen LogP contribution in [0.1, 0.15) is 36.2 Å². The van der Waals surface area contributed by atoms with Gasteiger partial charge in [0.15, 0.2) is 11.0 Å². The SMILES string of the molecule is C[C@@H](Sc1nnc(-c2ccncc2)n1C1CC1)C(=O)Nc1sccc1C(N)=O. The third-order valence-corrected chi connectivity index (χ3v) is 6.22. The summed E-state index contributed by atoms with van der Waals surface area (Å²) in [5.74, 6) is 0.00682. The molecule has 1 atom stereocenters. The van der Waals surface area contributed by atoms with Gasteiger partial charge in [-0.3, -0.25) is 19.1 Å². The lowest BCUT2D eigenvalue weighted by molar-refractivity contribution is -0.115. The van der Waals surface area contributed by atoms with Crippen LogP contribution in [0.3, 0.4) is 0 Å². The van der Waals surface area contributed by atoms with Gasteiger partial charge in [-0.05, 0) is 43.3 Å². The van der Waals surface area contributed by atoms with Gasteiger partial charge in [0.05, 0.1) is 10.8 Å². The molecule has 0 aliphatic heterocycles. The summed E-state index contributed by atoms with van der Waals surface area (Å²) in [6.07, 6.45) is 5.59. The molecular weight excluding hydrogens is 396 g/mol. The number of thiophene rings is 1. The van der Waals surface area contributed by atoms with Crippen molar-refractivity contribution in [3.63, 3.8) is 0 Å². The first-order chi connectivity index (χ1) is 13.5. The molecule has 28 heavy (non-hydrogen) atoms. The van der Waals surface area contributed by atoms with Gasteiger partial charge in [-0.25, -0.2) is 0 Å². The third-order valence-electron chi connectivity index (χ3n) is 4.33. The van der Waals surface area contributed by atoms with Crippen LogP contribution in [0.15, 0.2) is 41.1 Å². The van der Waals surface area contributed by atoms with Crippen LogP contribution >= 0.6 is 23.1 Å². The zero-order valence-corrected chi connectivity index (χ0v) is 16.7. The highest BCUT2D eigenvalue weighted by Gasteiger charge is 2.31. The van der Waals surface area contributed by atoms with E-state index in [0.717, 1.165) is 24.2 Å². The van der Waals surface area contributed by atoms with Crippen molar-refractivity contribution in [2.24, 2.45) is 5.73 Å². The fourth-order valence-corrected chi connectivity index (χ4v) is 4.46. The largest absolute Gasteiger partial charge is 0.366 e. The summed E-state index contributed by atoms with van der Waals surface area (Å²) in [6, 6.07) is 5.76. The van der Waals surface area contributed by atoms with Crippen LogP contribution in [-0.4, -0.2) is 36.8 Å². The summed E-state index contributed by atoms with van der Waals surface area (Å²) in [6.45, 7) is 1.80. The maximum Gasteiger partial charge on any atom is 0.251 e. The zero-order chi connectivity index (χ0) is 19.7. The zero-order valence-electron chi connectivity index (χ0n) is 15.0. The van der Waals surface area contributed by atoms with Gasteiger partial charge < -0.3 is 11.1 Å². The molecule has 1 saturated carbocycles. The van der Waals surface area contributed by atoms with Crippen LogP contribution in [0.5, 0.6) is 0 Å². The minimum atomic E-state index is -0.563. The Kier molecular flexibility index (Phi) is 5.14. The monoisotopic (exact) mass is 414 g/mol. The van der Waals surface area contributed by atoms with Crippen LogP contribution in [0.2, 0.25) is 0 Å². The Morgan fingerprint density at radius 2 is 2.04 bits per heavy atom. The van der Waals surface area contributed by atoms with E-state index in [9.17, 15) is 9.59 Å². The number of pyridine rings is 1. The van der Waals surface area contributed by atoms with E-state index in [1.807, 2.05) is 12.1 Å². The molecule has 1 fully saturated rings. The minimum Gasteiger partial charge on any atom is -0.366 e. The summed E-state index contributed by atoms with van der Waals surface area (Å²) in [5, 5.41) is 13.9. The maximum absolute atomic E-state index is 12.6. The van der Waals surface area contributed by atoms with E-state index in [2.05, 4.69) is 25.1 Å². The highest BCUT2D eigenvalue weighted by Crippen LogP contribution is 2.41. The number of hydrogen-bond donors (Lipinski definition) is 2. The molecule has 0 radical (unpaired) electrons. The van der Waals surface area contributed by atoms with Gasteiger partial charge in [0, 0.05) is 24.0 Å². The predicted molar refractivity (Wildman–Crippen MR) is 108 cm³/mol. The van der Waals surface area contributed by atoms with Crippen molar-refractivity contribution in [3.05, 3.63) is 41.5 Å². The predicted octanol–water partition coefficient (Wildman–Crippen LogP) is 2.95. The molecule has 10 heteroatoms. The standard InChI is InChI=1S/C18H18N6O2S2/c1-10(16(26)21-17-13(14(19)25)6-9-27-17)28-18-23-22-15(24(18)12-2-3-12)11-4-7-20-8-5-11/h4-10,12H,2-3H2,1H3,(H2,19,25)(H,21,26)/t10-/m1/s1. The molecule has 144 valence electrons. The number of carbonyl (C=O) groups is 2. The van der Waals surface area contributed by atoms with Crippen LogP contribution in [0.4, 0.5) is 5.00 Å². The van der Waals surface area contributed by atoms with Crippen LogP contribution < -0.4 is 11.1 Å². The quantitative estimate of drug-likeness (QED) is 0.574. The van der Waals surface area contributed by atoms with E-state index in [1.165, 1.54) is 23.1 Å². The summed E-state index contributed by atoms with van der Waals surface area (Å²) < 4.78 is 2.10. The number of nitrogens with one attached hydrogen (secondary N) is 1. The fourth-order valence-electron chi connectivity index (χ4n) is 2.74. The maximum atomic E-state index is 12.6. The van der Waals surface area contributed by atoms with Gasteiger partial charge in [0.2, 0.25) is 5.91 Å². The molecule has 1 aliphatic carbocycles. The first-order valence-electron chi connectivity index (χ1n) is 8.74. The molecule has 3 aromatic rings. The van der Waals surface area contributed by atoms with Crippen LogP contribution in [0.25, 0.3) is 11.4 Å². The molecule has 0 saturated heterocycles. The molecule has 8 nitrogen and oxygen atoms in total. The van der Waals surface area contributed by atoms with Crippen LogP contribution in [-0.2, 0) is 4.79 Å². The highest BCUT2D eigenvalue weighted by atomic mass is 32.2. The first-order valence-corrected chi connectivity index (χ1v) is 10.5. The van der Waals surface area contributed by atoms with Gasteiger partial charge >= 0.3 is 0 Å². The average Bonchev–Trinajstić information content (AvgIpc) is 3.27. The second-order valence-corrected chi connectivity index (χ2v) is 8.64. The Labute approximate surface area is 169 Å². The fraction of sp³-hybridized carbons (Fsp3) is 0.278. The van der Waals surface area contributed by atoms with Crippen molar-refractivity contribution in [2.75, 3.05) is 5.32 Å². The highest BCUT2D eigenvalue weighted by molar-refractivity contribution is 8.00. The molecule has 3 N–H and O–H groups in total. The summed E-state index contributed by atoms with van der Waals surface area (Å²) in [4.78, 5) is 28.1. The number of primary amides is 1. The van der Waals surface area contributed by atoms with E-state index in [4.69, 9.17) is 5.73 Å². The number of hydrogen-bond acceptors (Lipinski definition) is 7. The average molecular weight is 415 g/mol. The van der Waals surface area contributed by atoms with Gasteiger partial charge in [-0.1, -0.05) is 11.8 Å². The molecule has 0 aromatic carbocycles. The molecule has 3 aromatic heterocycles. The molecule has 0 spiro atoms. The van der Waals surface area contributed by atoms with E-state index in [0.29, 0.717) is 21.8 Å². The van der Waals surface area contributed by atoms with Gasteiger partial charge in [-0.2, -0.15) is 0 Å². The lowest BCUT2D eigenvalue weighted by atomic mass is 10.2. The van der Waals surface area contributed by atoms with Crippen molar-refractivity contribution in [1.82, 2.24) is 19.7 Å². The molecule has 1 aliphatic rings. The van der Waals surface area contributed by atoms with E-state index in [1.54, 1.807) is 30.8 Å². The molecule has 3 heterocycles. The van der Waals surface area contributed by atoms with E-state index in [-0.39, 0.29) is 5.91 Å². The Hall–Kier alpha value is -2.72. The number of rotatable bonds is 7. The smallest absolute Gasteiger partial charge is 0.251 e. The minimum absolute atomic E-state index is 0.217. The van der Waals surface area contributed by atoms with Crippen LogP contribution in [0, 0.1) is 0 Å². The molecule has 2 amide bonds. The van der Waals surface area contributed by atoms with Crippen molar-refractivity contribution < 1.29 is 9.59 Å². The van der Waals surface area contributed by atoms with Gasteiger partial charge in [0.25, 0.3) is 5.91 Å². The second-order valence-electron chi connectivity index (χ2n) is 6.42. The number of aromatic nitrogens is 4. The topological polar surface area (TPSA) is 116 Å². The number of amides is 2. The van der Waals surface area contributed by atoms with Crippen molar-refractivity contribution in [2.45, 2.75) is 36.2 Å². The second kappa shape index (κ2) is 7.72. The van der Waals surface area contributed by atoms with Gasteiger partial charge in [0.1, 0.15) is 5.00 Å². The Bertz CT molecular complexity index is 1010.